The van der Waals surface area contributed by atoms with Crippen molar-refractivity contribution in [2.75, 3.05) is 60.1 Å². The van der Waals surface area contributed by atoms with Gasteiger partial charge in [-0.05, 0) is 80.4 Å². The number of aromatic nitrogens is 2. The molecule has 1 atom stereocenters. The van der Waals surface area contributed by atoms with Crippen molar-refractivity contribution in [3.8, 4) is 11.4 Å². The second kappa shape index (κ2) is 16.7. The van der Waals surface area contributed by atoms with Crippen LogP contribution in [0.1, 0.15) is 53.6 Å². The van der Waals surface area contributed by atoms with Gasteiger partial charge in [0.15, 0.2) is 11.5 Å². The Hall–Kier alpha value is -5.16. The van der Waals surface area contributed by atoms with E-state index in [1.54, 1.807) is 31.2 Å². The Bertz CT molecular complexity index is 2480. The van der Waals surface area contributed by atoms with Crippen molar-refractivity contribution in [2.24, 2.45) is 5.73 Å². The summed E-state index contributed by atoms with van der Waals surface area (Å²) in [5.74, 6) is -1.72. The normalized spacial score (nSPS) is 16.1. The van der Waals surface area contributed by atoms with Crippen LogP contribution in [-0.2, 0) is 27.7 Å². The van der Waals surface area contributed by atoms with Gasteiger partial charge in [0, 0.05) is 60.8 Å². The van der Waals surface area contributed by atoms with Gasteiger partial charge in [-0.3, -0.25) is 19.3 Å². The first-order valence-corrected chi connectivity index (χ1v) is 20.4. The highest BCUT2D eigenvalue weighted by molar-refractivity contribution is 7.90. The van der Waals surface area contributed by atoms with E-state index in [9.17, 15) is 22.8 Å². The number of carbonyl (C=O) groups excluding carboxylic acids is 3. The van der Waals surface area contributed by atoms with E-state index in [0.29, 0.717) is 61.7 Å². The van der Waals surface area contributed by atoms with E-state index in [0.717, 1.165) is 36.1 Å². The van der Waals surface area contributed by atoms with Crippen LogP contribution in [0.4, 0.5) is 0 Å². The quantitative estimate of drug-likeness (QED) is 0.148. The van der Waals surface area contributed by atoms with Gasteiger partial charge in [0.1, 0.15) is 12.4 Å². The molecule has 0 saturated carbocycles. The molecule has 3 heterocycles. The van der Waals surface area contributed by atoms with Crippen LogP contribution in [0.5, 0.6) is 5.75 Å². The molecule has 1 saturated heterocycles. The highest BCUT2D eigenvalue weighted by Gasteiger charge is 2.29. The zero-order chi connectivity index (χ0) is 40.4. The highest BCUT2D eigenvalue weighted by Crippen LogP contribution is 2.31. The third-order valence-corrected chi connectivity index (χ3v) is 12.0. The predicted molar refractivity (Wildman–Crippen MR) is 216 cm³/mol. The Kier molecular flexibility index (Phi) is 11.8. The summed E-state index contributed by atoms with van der Waals surface area (Å²) in [5, 5.41) is 9.21. The number of nitrogens with one attached hydrogen (secondary N) is 2. The monoisotopic (exact) mass is 813 g/mol. The minimum absolute atomic E-state index is 0.0181. The first-order chi connectivity index (χ1) is 27.3. The van der Waals surface area contributed by atoms with Gasteiger partial charge in [-0.15, -0.1) is 0 Å². The van der Waals surface area contributed by atoms with E-state index in [1.165, 1.54) is 35.0 Å². The maximum Gasteiger partial charge on any atom is 0.270 e. The first-order valence-electron chi connectivity index (χ1n) is 18.6. The lowest BCUT2D eigenvalue weighted by Crippen LogP contribution is -2.43. The number of ketones is 1. The summed E-state index contributed by atoms with van der Waals surface area (Å²) in [6, 6.07) is 19.8. The molecule has 298 valence electrons. The lowest BCUT2D eigenvalue weighted by molar-refractivity contribution is 0.0323. The fourth-order valence-corrected chi connectivity index (χ4v) is 8.54. The molecular formula is C41H44ClN7O7S. The van der Waals surface area contributed by atoms with Crippen molar-refractivity contribution in [3.63, 3.8) is 0 Å². The van der Waals surface area contributed by atoms with Crippen LogP contribution in [0.3, 0.4) is 0 Å². The summed E-state index contributed by atoms with van der Waals surface area (Å²) in [4.78, 5) is 44.9. The number of likely N-dealkylation sites (N-methyl/N-ethyl adjacent to an activating group) is 1. The summed E-state index contributed by atoms with van der Waals surface area (Å²) >= 11 is 6.45. The Labute approximate surface area is 335 Å². The van der Waals surface area contributed by atoms with Crippen LogP contribution < -0.4 is 20.5 Å². The van der Waals surface area contributed by atoms with Crippen molar-refractivity contribution >= 4 is 50.0 Å². The topological polar surface area (TPSA) is 178 Å². The molecule has 1 fully saturated rings. The number of primary amides is 1. The second-order valence-corrected chi connectivity index (χ2v) is 16.5. The molecule has 5 aromatic rings. The summed E-state index contributed by atoms with van der Waals surface area (Å²) < 4.78 is 42.6. The molecule has 1 aromatic heterocycles. The number of hydrogen-bond donors (Lipinski definition) is 3. The summed E-state index contributed by atoms with van der Waals surface area (Å²) in [6.45, 7) is 7.00. The maximum absolute atomic E-state index is 14.7. The standard InChI is InChI=1S/C41H44ClN7O7S/c1-25-37(42)38(40(43)51)45-49(25)35-13-11-27(20-34(35)39(50)31-8-4-7-28-23-44-29(21-32(28)31)24-47(2)3)41(52)46-57(53,54)30-12-10-26-6-5-9-36(33(26)22-30)56-19-16-48-14-17-55-18-15-48/h4-13,20,22,29,44H,14-19,21,23-24H2,1-3H3,(H2,43,51)(H,46,52). The van der Waals surface area contributed by atoms with Crippen molar-refractivity contribution in [1.29, 1.82) is 0 Å². The number of hydrogen-bond acceptors (Lipinski definition) is 11. The summed E-state index contributed by atoms with van der Waals surface area (Å²) in [7, 11) is -0.444. The van der Waals surface area contributed by atoms with E-state index in [1.807, 2.05) is 32.3 Å². The fraction of sp³-hybridized carbons (Fsp3) is 0.317. The molecular weight excluding hydrogens is 770 g/mol. The lowest BCUT2D eigenvalue weighted by Gasteiger charge is -2.29. The molecule has 7 rings (SSSR count). The van der Waals surface area contributed by atoms with Gasteiger partial charge in [-0.2, -0.15) is 5.10 Å². The molecule has 0 bridgehead atoms. The Morgan fingerprint density at radius 2 is 1.81 bits per heavy atom. The molecule has 14 nitrogen and oxygen atoms in total. The molecule has 2 aliphatic rings. The number of nitrogens with two attached hydrogens (primary N) is 1. The van der Waals surface area contributed by atoms with Gasteiger partial charge in [0.25, 0.3) is 21.8 Å². The van der Waals surface area contributed by atoms with E-state index in [2.05, 4.69) is 24.9 Å². The first kappa shape index (κ1) is 40.1. The number of halogens is 1. The molecule has 2 amide bonds. The summed E-state index contributed by atoms with van der Waals surface area (Å²) in [5.41, 5.74) is 8.13. The number of ether oxygens (including phenoxy) is 2. The molecule has 0 spiro atoms. The van der Waals surface area contributed by atoms with Crippen molar-refractivity contribution in [2.45, 2.75) is 30.8 Å². The van der Waals surface area contributed by atoms with Gasteiger partial charge in [-0.1, -0.05) is 48.0 Å². The SMILES string of the molecule is Cc1c(Cl)c(C(N)=O)nn1-c1ccc(C(=O)NS(=O)(=O)c2ccc3cccc(OCCN4CCOCC4)c3c2)cc1C(=O)c1cccc2c1CC(CN(C)C)NC2. The van der Waals surface area contributed by atoms with E-state index < -0.39 is 27.6 Å². The number of fused-ring (bicyclic) bond motifs is 2. The number of rotatable bonds is 13. The van der Waals surface area contributed by atoms with Crippen LogP contribution in [-0.4, -0.2) is 112 Å². The van der Waals surface area contributed by atoms with Crippen LogP contribution in [0.2, 0.25) is 5.02 Å². The largest absolute Gasteiger partial charge is 0.492 e. The van der Waals surface area contributed by atoms with Crippen molar-refractivity contribution < 1.29 is 32.3 Å². The Balaban J connectivity index is 1.21. The molecule has 0 aliphatic carbocycles. The minimum Gasteiger partial charge on any atom is -0.492 e. The van der Waals surface area contributed by atoms with Gasteiger partial charge in [0.2, 0.25) is 0 Å². The van der Waals surface area contributed by atoms with Crippen LogP contribution in [0.25, 0.3) is 16.5 Å². The number of amides is 2. The van der Waals surface area contributed by atoms with E-state index >= 15 is 0 Å². The average molecular weight is 814 g/mol. The lowest BCUT2D eigenvalue weighted by atomic mass is 9.87. The molecule has 2 aliphatic heterocycles. The maximum atomic E-state index is 14.7. The number of morpholine rings is 1. The number of benzene rings is 4. The highest BCUT2D eigenvalue weighted by atomic mass is 35.5. The van der Waals surface area contributed by atoms with Crippen LogP contribution in [0, 0.1) is 6.92 Å². The number of sulfonamides is 1. The Morgan fingerprint density at radius 1 is 1.04 bits per heavy atom. The number of nitrogens with zero attached hydrogens (tertiary/aromatic N) is 4. The minimum atomic E-state index is -4.41. The molecule has 0 radical (unpaired) electrons. The molecule has 4 aromatic carbocycles. The van der Waals surface area contributed by atoms with Gasteiger partial charge < -0.3 is 25.4 Å². The zero-order valence-corrected chi connectivity index (χ0v) is 33.5. The Morgan fingerprint density at radius 3 is 2.54 bits per heavy atom. The average Bonchev–Trinajstić information content (AvgIpc) is 3.50. The fourth-order valence-electron chi connectivity index (χ4n) is 7.33. The zero-order valence-electron chi connectivity index (χ0n) is 31.9. The van der Waals surface area contributed by atoms with Crippen molar-refractivity contribution in [1.82, 2.24) is 29.6 Å². The molecule has 4 N–H and O–H groups in total. The smallest absolute Gasteiger partial charge is 0.270 e. The predicted octanol–water partition coefficient (Wildman–Crippen LogP) is 3.72. The van der Waals surface area contributed by atoms with Crippen LogP contribution in [0.15, 0.2) is 77.7 Å². The number of carbonyl (C=O) groups is 3. The van der Waals surface area contributed by atoms with Gasteiger partial charge in [-0.25, -0.2) is 17.8 Å². The van der Waals surface area contributed by atoms with E-state index in [4.69, 9.17) is 26.8 Å². The molecule has 57 heavy (non-hydrogen) atoms. The van der Waals surface area contributed by atoms with Gasteiger partial charge >= 0.3 is 0 Å². The molecule has 16 heteroatoms. The molecule has 1 unspecified atom stereocenters. The summed E-state index contributed by atoms with van der Waals surface area (Å²) in [6.07, 6.45) is 0.577. The van der Waals surface area contributed by atoms with Crippen molar-refractivity contribution in [3.05, 3.63) is 117 Å². The third-order valence-electron chi connectivity index (χ3n) is 10.3. The third kappa shape index (κ3) is 8.59. The van der Waals surface area contributed by atoms with E-state index in [-0.39, 0.29) is 38.5 Å². The second-order valence-electron chi connectivity index (χ2n) is 14.4. The van der Waals surface area contributed by atoms with Crippen LogP contribution >= 0.6 is 11.6 Å². The van der Waals surface area contributed by atoms with Gasteiger partial charge in [0.05, 0.1) is 34.5 Å².